The Bertz CT molecular complexity index is 2140. The fourth-order valence-electron chi connectivity index (χ4n) is 4.77. The molecule has 5 aromatic carbocycles. The van der Waals surface area contributed by atoms with E-state index in [1.807, 2.05) is 81.4 Å². The maximum Gasteiger partial charge on any atom is 0.417 e. The van der Waals surface area contributed by atoms with Crippen molar-refractivity contribution in [2.24, 2.45) is 0 Å². The highest BCUT2D eigenvalue weighted by atomic mass is 19.4. The molecule has 0 spiro atoms. The monoisotopic (exact) mass is 732 g/mol. The standard InChI is InChI=1S/C15H12F3NO.C15H15NO2.C13H12N2O/c1-10-6-8-11(9-7-10)19-14(20)12-4-2-3-5-13(12)15(16,17)18;1-11-7-9-12(10-8-11)16-15(17)13-5-3-4-6-14(13)18-2;1-10-2-4-12(5-3-10)15-13(16)11-6-8-14-9-7-11/h2-9H,1H3,(H,19,20);3-10H,1-2H3,(H,16,17);2-9H,1H3,(H,15,16). The van der Waals surface area contributed by atoms with Gasteiger partial charge in [-0.3, -0.25) is 19.4 Å². The molecule has 0 fully saturated rings. The van der Waals surface area contributed by atoms with Crippen LogP contribution >= 0.6 is 0 Å². The summed E-state index contributed by atoms with van der Waals surface area (Å²) in [4.78, 5) is 39.7. The Morgan fingerprint density at radius 3 is 1.35 bits per heavy atom. The molecular formula is C43H39F3N4O4. The number of pyridine rings is 1. The minimum Gasteiger partial charge on any atom is -0.496 e. The second-order valence-corrected chi connectivity index (χ2v) is 11.9. The number of hydrogen-bond donors (Lipinski definition) is 3. The molecule has 0 saturated heterocycles. The lowest BCUT2D eigenvalue weighted by molar-refractivity contribution is -0.137. The van der Waals surface area contributed by atoms with Gasteiger partial charge < -0.3 is 20.7 Å². The number of amides is 3. The molecule has 0 aliphatic heterocycles. The lowest BCUT2D eigenvalue weighted by atomic mass is 10.1. The van der Waals surface area contributed by atoms with Crippen LogP contribution in [0.1, 0.15) is 53.3 Å². The maximum absolute atomic E-state index is 12.8. The van der Waals surface area contributed by atoms with Crippen LogP contribution in [0.15, 0.2) is 146 Å². The molecule has 11 heteroatoms. The average molecular weight is 733 g/mol. The molecule has 0 unspecified atom stereocenters. The first-order valence-electron chi connectivity index (χ1n) is 16.7. The maximum atomic E-state index is 12.8. The zero-order valence-corrected chi connectivity index (χ0v) is 30.1. The molecule has 0 radical (unpaired) electrons. The highest BCUT2D eigenvalue weighted by Gasteiger charge is 2.34. The van der Waals surface area contributed by atoms with Gasteiger partial charge in [0, 0.05) is 35.0 Å². The highest BCUT2D eigenvalue weighted by molar-refractivity contribution is 6.06. The molecule has 0 saturated carbocycles. The van der Waals surface area contributed by atoms with Crippen LogP contribution in [0.5, 0.6) is 5.75 Å². The van der Waals surface area contributed by atoms with Gasteiger partial charge in [0.25, 0.3) is 17.7 Å². The first-order valence-corrected chi connectivity index (χ1v) is 16.7. The van der Waals surface area contributed by atoms with E-state index in [1.165, 1.54) is 17.7 Å². The first kappa shape index (κ1) is 40.0. The Hall–Kier alpha value is -6.75. The normalized spacial score (nSPS) is 10.4. The summed E-state index contributed by atoms with van der Waals surface area (Å²) in [6.07, 6.45) is -1.35. The predicted octanol–water partition coefficient (Wildman–Crippen LogP) is 10.2. The fraction of sp³-hybridized carbons (Fsp3) is 0.116. The van der Waals surface area contributed by atoms with Crippen molar-refractivity contribution in [1.82, 2.24) is 4.98 Å². The number of ether oxygens (including phenoxy) is 1. The third kappa shape index (κ3) is 12.2. The third-order valence-corrected chi connectivity index (χ3v) is 7.70. The van der Waals surface area contributed by atoms with E-state index in [0.717, 1.165) is 34.6 Å². The molecule has 0 aliphatic carbocycles. The van der Waals surface area contributed by atoms with Crippen molar-refractivity contribution in [3.63, 3.8) is 0 Å². The zero-order valence-electron chi connectivity index (χ0n) is 30.1. The van der Waals surface area contributed by atoms with Crippen LogP contribution in [0, 0.1) is 20.8 Å². The number of nitrogens with zero attached hydrogens (tertiary/aromatic N) is 1. The van der Waals surface area contributed by atoms with Crippen LogP contribution in [0.25, 0.3) is 0 Å². The SMILES string of the molecule is COc1ccccc1C(=O)Nc1ccc(C)cc1.Cc1ccc(NC(=O)c2ccccc2C(F)(F)F)cc1.Cc1ccc(NC(=O)c2ccncc2)cc1. The average Bonchev–Trinajstić information content (AvgIpc) is 3.18. The van der Waals surface area contributed by atoms with Crippen molar-refractivity contribution in [3.05, 3.63) is 185 Å². The van der Waals surface area contributed by atoms with Crippen molar-refractivity contribution < 1.29 is 32.3 Å². The van der Waals surface area contributed by atoms with Gasteiger partial charge in [-0.1, -0.05) is 77.4 Å². The fourth-order valence-corrected chi connectivity index (χ4v) is 4.77. The number of benzene rings is 5. The molecule has 0 bridgehead atoms. The molecule has 3 amide bonds. The molecule has 6 aromatic rings. The smallest absolute Gasteiger partial charge is 0.417 e. The van der Waals surface area contributed by atoms with Gasteiger partial charge in [0.15, 0.2) is 0 Å². The molecule has 0 atom stereocenters. The summed E-state index contributed by atoms with van der Waals surface area (Å²) in [5, 5.41) is 8.12. The number of aryl methyl sites for hydroxylation is 3. The van der Waals surface area contributed by atoms with Crippen LogP contribution in [0.4, 0.5) is 30.2 Å². The van der Waals surface area contributed by atoms with E-state index in [9.17, 15) is 27.6 Å². The molecule has 276 valence electrons. The molecule has 6 rings (SSSR count). The number of aromatic nitrogens is 1. The van der Waals surface area contributed by atoms with Gasteiger partial charge in [-0.15, -0.1) is 0 Å². The number of anilines is 3. The van der Waals surface area contributed by atoms with Crippen LogP contribution in [0.3, 0.4) is 0 Å². The van der Waals surface area contributed by atoms with Gasteiger partial charge in [-0.25, -0.2) is 0 Å². The van der Waals surface area contributed by atoms with Crippen LogP contribution < -0.4 is 20.7 Å². The van der Waals surface area contributed by atoms with Gasteiger partial charge in [0.1, 0.15) is 5.75 Å². The molecular weight excluding hydrogens is 693 g/mol. The lowest BCUT2D eigenvalue weighted by Gasteiger charge is -2.12. The van der Waals surface area contributed by atoms with Crippen LogP contribution in [0.2, 0.25) is 0 Å². The number of alkyl halides is 3. The summed E-state index contributed by atoms with van der Waals surface area (Å²) in [5.41, 5.74) is 5.16. The number of para-hydroxylation sites is 1. The van der Waals surface area contributed by atoms with Gasteiger partial charge >= 0.3 is 6.18 Å². The summed E-state index contributed by atoms with van der Waals surface area (Å²) in [7, 11) is 1.55. The number of halogens is 3. The molecule has 8 nitrogen and oxygen atoms in total. The van der Waals surface area contributed by atoms with Gasteiger partial charge in [0.05, 0.1) is 23.8 Å². The van der Waals surface area contributed by atoms with Crippen molar-refractivity contribution in [2.75, 3.05) is 23.1 Å². The van der Waals surface area contributed by atoms with E-state index in [-0.39, 0.29) is 17.4 Å². The highest BCUT2D eigenvalue weighted by Crippen LogP contribution is 2.32. The summed E-state index contributed by atoms with van der Waals surface area (Å²) < 4.78 is 43.6. The van der Waals surface area contributed by atoms with E-state index in [0.29, 0.717) is 22.6 Å². The van der Waals surface area contributed by atoms with Crippen LogP contribution in [-0.4, -0.2) is 29.8 Å². The quantitative estimate of drug-likeness (QED) is 0.151. The molecule has 54 heavy (non-hydrogen) atoms. The van der Waals surface area contributed by atoms with Gasteiger partial charge in [-0.05, 0) is 93.6 Å². The predicted molar refractivity (Wildman–Crippen MR) is 206 cm³/mol. The van der Waals surface area contributed by atoms with Gasteiger partial charge in [-0.2, -0.15) is 13.2 Å². The number of carbonyl (C=O) groups is 3. The summed E-state index contributed by atoms with van der Waals surface area (Å²) in [5.74, 6) is -0.494. The Kier molecular flexibility index (Phi) is 14.2. The summed E-state index contributed by atoms with van der Waals surface area (Å²) in [6.45, 7) is 5.89. The second-order valence-electron chi connectivity index (χ2n) is 11.9. The number of rotatable bonds is 7. The number of hydrogen-bond acceptors (Lipinski definition) is 5. The molecule has 0 aliphatic rings. The van der Waals surface area contributed by atoms with E-state index in [1.54, 1.807) is 68.0 Å². The molecule has 3 N–H and O–H groups in total. The molecule has 1 aromatic heterocycles. The largest absolute Gasteiger partial charge is 0.496 e. The van der Waals surface area contributed by atoms with Crippen molar-refractivity contribution in [2.45, 2.75) is 26.9 Å². The Balaban J connectivity index is 0.000000182. The zero-order chi connectivity index (χ0) is 39.1. The van der Waals surface area contributed by atoms with E-state index in [4.69, 9.17) is 4.74 Å². The lowest BCUT2D eigenvalue weighted by Crippen LogP contribution is -2.18. The van der Waals surface area contributed by atoms with Crippen molar-refractivity contribution >= 4 is 34.8 Å². The number of methoxy groups -OCH3 is 1. The van der Waals surface area contributed by atoms with Crippen LogP contribution in [-0.2, 0) is 6.18 Å². The third-order valence-electron chi connectivity index (χ3n) is 7.70. The van der Waals surface area contributed by atoms with E-state index in [2.05, 4.69) is 20.9 Å². The minimum absolute atomic E-state index is 0.119. The Labute approximate surface area is 312 Å². The number of nitrogens with one attached hydrogen (secondary N) is 3. The first-order chi connectivity index (χ1) is 25.8. The summed E-state index contributed by atoms with van der Waals surface area (Å²) >= 11 is 0. The number of carbonyl (C=O) groups excluding carboxylic acids is 3. The van der Waals surface area contributed by atoms with Gasteiger partial charge in [0.2, 0.25) is 0 Å². The Morgan fingerprint density at radius 1 is 0.519 bits per heavy atom. The summed E-state index contributed by atoms with van der Waals surface area (Å²) in [6, 6.07) is 37.4. The Morgan fingerprint density at radius 2 is 0.907 bits per heavy atom. The van der Waals surface area contributed by atoms with E-state index < -0.39 is 17.6 Å². The minimum atomic E-state index is -4.55. The second kappa shape index (κ2) is 19.2. The molecule has 1 heterocycles. The van der Waals surface area contributed by atoms with Crippen molar-refractivity contribution in [1.29, 1.82) is 0 Å². The topological polar surface area (TPSA) is 109 Å². The van der Waals surface area contributed by atoms with E-state index >= 15 is 0 Å². The van der Waals surface area contributed by atoms with Crippen molar-refractivity contribution in [3.8, 4) is 5.75 Å².